The van der Waals surface area contributed by atoms with Crippen LogP contribution in [-0.4, -0.2) is 22.7 Å². The molecule has 0 saturated heterocycles. The smallest absolute Gasteiger partial charge is 0.311 e. The minimum absolute atomic E-state index is 0.0508. The highest BCUT2D eigenvalue weighted by atomic mass is 16.6. The zero-order valence-corrected chi connectivity index (χ0v) is 15.5. The third-order valence-corrected chi connectivity index (χ3v) is 3.91. The highest BCUT2D eigenvalue weighted by Crippen LogP contribution is 2.29. The summed E-state index contributed by atoms with van der Waals surface area (Å²) in [6, 6.07) is 11.0. The Kier molecular flexibility index (Phi) is 6.65. The number of benzene rings is 2. The molecule has 7 nitrogen and oxygen atoms in total. The summed E-state index contributed by atoms with van der Waals surface area (Å²) in [5.41, 5.74) is 1.55. The van der Waals surface area contributed by atoms with E-state index in [1.807, 2.05) is 6.92 Å². The van der Waals surface area contributed by atoms with Gasteiger partial charge in [-0.25, -0.2) is 0 Å². The number of hydrogen-bond donors (Lipinski definition) is 1. The number of amides is 1. The van der Waals surface area contributed by atoms with E-state index in [-0.39, 0.29) is 23.1 Å². The van der Waals surface area contributed by atoms with Gasteiger partial charge >= 0.3 is 5.69 Å². The third kappa shape index (κ3) is 5.37. The predicted octanol–water partition coefficient (Wildman–Crippen LogP) is 4.29. The van der Waals surface area contributed by atoms with E-state index in [2.05, 4.69) is 5.32 Å². The number of Topliss-reactive ketones (excluding diaryl/α,β-unsaturated/α-hetero) is 1. The molecular formula is C20H22N2O5. The Hall–Kier alpha value is -3.22. The van der Waals surface area contributed by atoms with Gasteiger partial charge in [-0.05, 0) is 56.2 Å². The van der Waals surface area contributed by atoms with E-state index in [0.29, 0.717) is 17.7 Å². The lowest BCUT2D eigenvalue weighted by molar-refractivity contribution is -0.386. The van der Waals surface area contributed by atoms with Gasteiger partial charge in [0.2, 0.25) is 11.7 Å². The molecule has 0 aliphatic rings. The normalized spacial score (nSPS) is 11.5. The summed E-state index contributed by atoms with van der Waals surface area (Å²) in [4.78, 5) is 34.8. The molecule has 0 unspecified atom stereocenters. The Bertz CT molecular complexity index is 846. The van der Waals surface area contributed by atoms with Crippen LogP contribution in [0.4, 0.5) is 11.4 Å². The first-order valence-electron chi connectivity index (χ1n) is 8.67. The number of nitro benzene ring substituents is 1. The fourth-order valence-corrected chi connectivity index (χ4v) is 2.52. The van der Waals surface area contributed by atoms with Gasteiger partial charge in [0.15, 0.2) is 11.9 Å². The van der Waals surface area contributed by atoms with E-state index >= 15 is 0 Å². The van der Waals surface area contributed by atoms with E-state index in [0.717, 1.165) is 12.0 Å². The number of carbonyl (C=O) groups is 2. The topological polar surface area (TPSA) is 98.5 Å². The van der Waals surface area contributed by atoms with Crippen LogP contribution in [0.15, 0.2) is 42.5 Å². The fraction of sp³-hybridized carbons (Fsp3) is 0.300. The summed E-state index contributed by atoms with van der Waals surface area (Å²) in [5.74, 6) is -0.342. The minimum Gasteiger partial charge on any atom is -0.475 e. The largest absolute Gasteiger partial charge is 0.475 e. The molecule has 0 bridgehead atoms. The average molecular weight is 370 g/mol. The third-order valence-electron chi connectivity index (χ3n) is 3.91. The molecule has 1 N–H and O–H groups in total. The number of anilines is 1. The minimum atomic E-state index is -0.896. The van der Waals surface area contributed by atoms with Crippen LogP contribution in [0.25, 0.3) is 0 Å². The molecule has 1 atom stereocenters. The van der Waals surface area contributed by atoms with Crippen molar-refractivity contribution in [1.29, 1.82) is 0 Å². The van der Waals surface area contributed by atoms with Gasteiger partial charge in [0.25, 0.3) is 0 Å². The molecule has 0 heterocycles. The van der Waals surface area contributed by atoms with Crippen LogP contribution in [0.5, 0.6) is 5.75 Å². The maximum Gasteiger partial charge on any atom is 0.311 e. The van der Waals surface area contributed by atoms with Gasteiger partial charge in [-0.3, -0.25) is 19.7 Å². The fourth-order valence-electron chi connectivity index (χ4n) is 2.52. The van der Waals surface area contributed by atoms with Crippen molar-refractivity contribution >= 4 is 23.1 Å². The zero-order chi connectivity index (χ0) is 20.0. The van der Waals surface area contributed by atoms with E-state index in [4.69, 9.17) is 4.74 Å². The Morgan fingerprint density at radius 3 is 2.44 bits per heavy atom. The van der Waals surface area contributed by atoms with Crippen LogP contribution in [-0.2, 0) is 4.79 Å². The molecule has 2 aromatic carbocycles. The SMILES string of the molecule is CCCC(=O)Nc1ccc(C(=O)[C@@H](C)Oc2ccc(C)cc2[N+](=O)[O-])cc1. The summed E-state index contributed by atoms with van der Waals surface area (Å²) in [5, 5.41) is 13.9. The van der Waals surface area contributed by atoms with Crippen molar-refractivity contribution in [3.63, 3.8) is 0 Å². The molecule has 7 heteroatoms. The van der Waals surface area contributed by atoms with E-state index in [1.54, 1.807) is 44.2 Å². The molecule has 142 valence electrons. The van der Waals surface area contributed by atoms with Gasteiger partial charge in [0.05, 0.1) is 4.92 Å². The van der Waals surface area contributed by atoms with E-state index in [1.165, 1.54) is 12.1 Å². The number of rotatable bonds is 8. The molecule has 0 aromatic heterocycles. The highest BCUT2D eigenvalue weighted by molar-refractivity contribution is 6.00. The van der Waals surface area contributed by atoms with Gasteiger partial charge in [-0.2, -0.15) is 0 Å². The monoisotopic (exact) mass is 370 g/mol. The van der Waals surface area contributed by atoms with Crippen molar-refractivity contribution in [2.75, 3.05) is 5.32 Å². The molecular weight excluding hydrogens is 348 g/mol. The number of carbonyl (C=O) groups excluding carboxylic acids is 2. The molecule has 27 heavy (non-hydrogen) atoms. The van der Waals surface area contributed by atoms with Crippen molar-refractivity contribution in [1.82, 2.24) is 0 Å². The van der Waals surface area contributed by atoms with E-state index < -0.39 is 11.0 Å². The zero-order valence-electron chi connectivity index (χ0n) is 15.5. The van der Waals surface area contributed by atoms with Crippen molar-refractivity contribution in [2.24, 2.45) is 0 Å². The van der Waals surface area contributed by atoms with Crippen LogP contribution in [0.3, 0.4) is 0 Å². The number of nitrogens with zero attached hydrogens (tertiary/aromatic N) is 1. The van der Waals surface area contributed by atoms with Crippen molar-refractivity contribution in [2.45, 2.75) is 39.7 Å². The second-order valence-corrected chi connectivity index (χ2v) is 6.23. The van der Waals surface area contributed by atoms with Crippen LogP contribution < -0.4 is 10.1 Å². The Balaban J connectivity index is 2.09. The van der Waals surface area contributed by atoms with Gasteiger partial charge < -0.3 is 10.1 Å². The second kappa shape index (κ2) is 8.93. The number of ether oxygens (including phenoxy) is 1. The number of ketones is 1. The van der Waals surface area contributed by atoms with Crippen LogP contribution in [0, 0.1) is 17.0 Å². The molecule has 0 saturated carbocycles. The quantitative estimate of drug-likeness (QED) is 0.424. The number of nitro groups is 1. The standard InChI is InChI=1S/C20H22N2O5/c1-4-5-19(23)21-16-9-7-15(8-10-16)20(24)14(3)27-18-11-6-13(2)12-17(18)22(25)26/h6-12,14H,4-5H2,1-3H3,(H,21,23)/t14-/m1/s1. The summed E-state index contributed by atoms with van der Waals surface area (Å²) in [6.07, 6.45) is 0.287. The van der Waals surface area contributed by atoms with E-state index in [9.17, 15) is 19.7 Å². The van der Waals surface area contributed by atoms with Crippen molar-refractivity contribution in [3.8, 4) is 5.75 Å². The number of nitrogens with one attached hydrogen (secondary N) is 1. The lowest BCUT2D eigenvalue weighted by Gasteiger charge is -2.14. The van der Waals surface area contributed by atoms with Gasteiger partial charge in [0.1, 0.15) is 0 Å². The summed E-state index contributed by atoms with van der Waals surface area (Å²) < 4.78 is 5.54. The van der Waals surface area contributed by atoms with Gasteiger partial charge in [0, 0.05) is 23.7 Å². The maximum absolute atomic E-state index is 12.6. The van der Waals surface area contributed by atoms with Gasteiger partial charge in [-0.15, -0.1) is 0 Å². The van der Waals surface area contributed by atoms with Crippen molar-refractivity contribution < 1.29 is 19.2 Å². The first-order valence-corrected chi connectivity index (χ1v) is 8.67. The predicted molar refractivity (Wildman–Crippen MR) is 102 cm³/mol. The average Bonchev–Trinajstić information content (AvgIpc) is 2.63. The summed E-state index contributed by atoms with van der Waals surface area (Å²) in [7, 11) is 0. The summed E-state index contributed by atoms with van der Waals surface area (Å²) in [6.45, 7) is 5.20. The molecule has 0 aliphatic carbocycles. The molecule has 1 amide bonds. The Morgan fingerprint density at radius 2 is 1.85 bits per heavy atom. The second-order valence-electron chi connectivity index (χ2n) is 6.23. The first-order chi connectivity index (χ1) is 12.8. The molecule has 0 aliphatic heterocycles. The molecule has 2 aromatic rings. The first kappa shape index (κ1) is 20.1. The molecule has 2 rings (SSSR count). The Labute approximate surface area is 157 Å². The molecule has 0 radical (unpaired) electrons. The van der Waals surface area contributed by atoms with Gasteiger partial charge in [-0.1, -0.05) is 13.0 Å². The molecule has 0 spiro atoms. The lowest BCUT2D eigenvalue weighted by atomic mass is 10.1. The maximum atomic E-state index is 12.6. The van der Waals surface area contributed by atoms with Crippen LogP contribution in [0.1, 0.15) is 42.6 Å². The summed E-state index contributed by atoms with van der Waals surface area (Å²) >= 11 is 0. The Morgan fingerprint density at radius 1 is 1.19 bits per heavy atom. The van der Waals surface area contributed by atoms with Crippen LogP contribution >= 0.6 is 0 Å². The van der Waals surface area contributed by atoms with Crippen LogP contribution in [0.2, 0.25) is 0 Å². The number of aryl methyl sites for hydroxylation is 1. The highest BCUT2D eigenvalue weighted by Gasteiger charge is 2.22. The lowest BCUT2D eigenvalue weighted by Crippen LogP contribution is -2.24. The molecule has 0 fully saturated rings. The number of hydrogen-bond acceptors (Lipinski definition) is 5. The van der Waals surface area contributed by atoms with Crippen molar-refractivity contribution in [3.05, 3.63) is 63.7 Å².